The van der Waals surface area contributed by atoms with E-state index < -0.39 is 0 Å². The number of hydrogen-bond acceptors (Lipinski definition) is 4. The molecule has 2 aliphatic rings. The molecule has 2 aromatic rings. The summed E-state index contributed by atoms with van der Waals surface area (Å²) in [5.41, 5.74) is 0.910. The van der Waals surface area contributed by atoms with Crippen molar-refractivity contribution in [2.45, 2.75) is 25.7 Å². The number of carbonyl (C=O) groups is 1. The smallest absolute Gasteiger partial charge is 0.225 e. The molecule has 2 unspecified atom stereocenters. The van der Waals surface area contributed by atoms with Crippen LogP contribution in [0.2, 0.25) is 10.0 Å². The van der Waals surface area contributed by atoms with Crippen LogP contribution in [0.15, 0.2) is 42.6 Å². The van der Waals surface area contributed by atoms with Gasteiger partial charge < -0.3 is 14.4 Å². The number of benzene rings is 1. The summed E-state index contributed by atoms with van der Waals surface area (Å²) in [6.45, 7) is 5.27. The zero-order valence-corrected chi connectivity index (χ0v) is 18.5. The van der Waals surface area contributed by atoms with Crippen molar-refractivity contribution in [3.8, 4) is 5.88 Å². The molecular weight excluding hydrogens is 423 g/mol. The van der Waals surface area contributed by atoms with Crippen molar-refractivity contribution in [2.24, 2.45) is 11.3 Å². The first-order valence-electron chi connectivity index (χ1n) is 10.3. The lowest BCUT2D eigenvalue weighted by molar-refractivity contribution is -0.137. The predicted molar refractivity (Wildman–Crippen MR) is 117 cm³/mol. The van der Waals surface area contributed by atoms with Gasteiger partial charge in [0.05, 0.1) is 11.6 Å². The Bertz CT molecular complexity index is 869. The number of hydrogen-bond donors (Lipinski definition) is 0. The van der Waals surface area contributed by atoms with E-state index in [1.54, 1.807) is 18.3 Å². The van der Waals surface area contributed by atoms with E-state index in [-0.39, 0.29) is 23.2 Å². The Kier molecular flexibility index (Phi) is 6.51. The van der Waals surface area contributed by atoms with Crippen LogP contribution in [0.5, 0.6) is 5.88 Å². The third kappa shape index (κ3) is 4.74. The number of amides is 1. The van der Waals surface area contributed by atoms with Gasteiger partial charge in [0.2, 0.25) is 11.8 Å². The van der Waals surface area contributed by atoms with Gasteiger partial charge in [0.1, 0.15) is 0 Å². The van der Waals surface area contributed by atoms with Crippen LogP contribution in [0.1, 0.15) is 31.2 Å². The molecule has 5 nitrogen and oxygen atoms in total. The summed E-state index contributed by atoms with van der Waals surface area (Å²) < 4.78 is 11.5. The summed E-state index contributed by atoms with van der Waals surface area (Å²) in [6.07, 6.45) is 3.16. The summed E-state index contributed by atoms with van der Waals surface area (Å²) in [5, 5.41) is 1.27. The molecule has 2 saturated heterocycles. The zero-order chi connectivity index (χ0) is 21.1. The molecule has 0 aliphatic carbocycles. The van der Waals surface area contributed by atoms with Gasteiger partial charge in [-0.15, -0.1) is 0 Å². The van der Waals surface area contributed by atoms with Crippen molar-refractivity contribution in [2.75, 3.05) is 32.9 Å². The first-order valence-corrected chi connectivity index (χ1v) is 11.1. The number of halogens is 2. The van der Waals surface area contributed by atoms with Crippen LogP contribution in [0.4, 0.5) is 0 Å². The van der Waals surface area contributed by atoms with Gasteiger partial charge in [-0.1, -0.05) is 42.3 Å². The average Bonchev–Trinajstić information content (AvgIpc) is 3.12. The Hall–Kier alpha value is -1.82. The minimum absolute atomic E-state index is 0.0471. The lowest BCUT2D eigenvalue weighted by Crippen LogP contribution is -2.39. The highest BCUT2D eigenvalue weighted by Gasteiger charge is 2.47. The van der Waals surface area contributed by atoms with Gasteiger partial charge in [-0.3, -0.25) is 4.79 Å². The van der Waals surface area contributed by atoms with E-state index in [1.165, 1.54) is 0 Å². The predicted octanol–water partition coefficient (Wildman–Crippen LogP) is 4.83. The standard InChI is InChI=1S/C23H26Cl2N2O3/c1-23(15-30-21-7-6-19(25)12-26-21)14-27(22(28)17-8-10-29-11-9-17)13-20(23)16-2-4-18(24)5-3-16/h2-7,12,17,20H,8-11,13-15H2,1H3. The molecule has 160 valence electrons. The zero-order valence-electron chi connectivity index (χ0n) is 17.0. The monoisotopic (exact) mass is 448 g/mol. The molecule has 0 N–H and O–H groups in total. The molecule has 30 heavy (non-hydrogen) atoms. The summed E-state index contributed by atoms with van der Waals surface area (Å²) in [4.78, 5) is 19.5. The van der Waals surface area contributed by atoms with Crippen LogP contribution in [-0.4, -0.2) is 48.7 Å². The number of nitrogens with zero attached hydrogens (tertiary/aromatic N) is 2. The van der Waals surface area contributed by atoms with Gasteiger partial charge in [-0.25, -0.2) is 4.98 Å². The molecule has 3 heterocycles. The SMILES string of the molecule is CC1(COc2ccc(Cl)cn2)CN(C(=O)C2CCOCC2)CC1c1ccc(Cl)cc1. The first kappa shape index (κ1) is 21.4. The van der Waals surface area contributed by atoms with Crippen LogP contribution >= 0.6 is 23.2 Å². The van der Waals surface area contributed by atoms with Crippen molar-refractivity contribution in [3.63, 3.8) is 0 Å². The van der Waals surface area contributed by atoms with Crippen LogP contribution in [-0.2, 0) is 9.53 Å². The lowest BCUT2D eigenvalue weighted by atomic mass is 9.77. The van der Waals surface area contributed by atoms with E-state index in [0.29, 0.717) is 48.8 Å². The minimum atomic E-state index is -0.254. The third-order valence-electron chi connectivity index (χ3n) is 6.20. The Morgan fingerprint density at radius 1 is 1.17 bits per heavy atom. The van der Waals surface area contributed by atoms with Crippen molar-refractivity contribution in [1.82, 2.24) is 9.88 Å². The average molecular weight is 449 g/mol. The van der Waals surface area contributed by atoms with Gasteiger partial charge in [-0.2, -0.15) is 0 Å². The molecule has 0 radical (unpaired) electrons. The van der Waals surface area contributed by atoms with Crippen molar-refractivity contribution >= 4 is 29.1 Å². The quantitative estimate of drug-likeness (QED) is 0.657. The molecule has 1 aromatic carbocycles. The molecule has 0 bridgehead atoms. The third-order valence-corrected chi connectivity index (χ3v) is 6.68. The highest BCUT2D eigenvalue weighted by atomic mass is 35.5. The summed E-state index contributed by atoms with van der Waals surface area (Å²) in [6, 6.07) is 11.4. The number of aromatic nitrogens is 1. The van der Waals surface area contributed by atoms with E-state index >= 15 is 0 Å². The first-order chi connectivity index (χ1) is 14.4. The fraction of sp³-hybridized carbons (Fsp3) is 0.478. The van der Waals surface area contributed by atoms with Crippen LogP contribution in [0.25, 0.3) is 0 Å². The summed E-state index contributed by atoms with van der Waals surface area (Å²) in [5.74, 6) is 0.951. The van der Waals surface area contributed by atoms with E-state index in [1.807, 2.05) is 29.2 Å². The number of pyridine rings is 1. The highest BCUT2D eigenvalue weighted by molar-refractivity contribution is 6.30. The topological polar surface area (TPSA) is 51.7 Å². The molecule has 1 aromatic heterocycles. The van der Waals surface area contributed by atoms with Gasteiger partial charge in [-0.05, 0) is 36.6 Å². The van der Waals surface area contributed by atoms with E-state index in [2.05, 4.69) is 11.9 Å². The van der Waals surface area contributed by atoms with Crippen LogP contribution in [0.3, 0.4) is 0 Å². The van der Waals surface area contributed by atoms with Crippen LogP contribution in [0, 0.1) is 11.3 Å². The summed E-state index contributed by atoms with van der Waals surface area (Å²) in [7, 11) is 0. The van der Waals surface area contributed by atoms with E-state index in [9.17, 15) is 4.79 Å². The van der Waals surface area contributed by atoms with Crippen molar-refractivity contribution in [1.29, 1.82) is 0 Å². The second-order valence-corrected chi connectivity index (χ2v) is 9.34. The molecule has 4 rings (SSSR count). The Balaban J connectivity index is 1.54. The maximum absolute atomic E-state index is 13.2. The summed E-state index contributed by atoms with van der Waals surface area (Å²) >= 11 is 12.0. The maximum atomic E-state index is 13.2. The van der Waals surface area contributed by atoms with Gasteiger partial charge >= 0.3 is 0 Å². The van der Waals surface area contributed by atoms with Gasteiger partial charge in [0, 0.05) is 60.8 Å². The fourth-order valence-corrected chi connectivity index (χ4v) is 4.70. The van der Waals surface area contributed by atoms with E-state index in [0.717, 1.165) is 18.4 Å². The largest absolute Gasteiger partial charge is 0.477 e. The molecule has 1 amide bonds. The molecule has 2 fully saturated rings. The second-order valence-electron chi connectivity index (χ2n) is 8.47. The van der Waals surface area contributed by atoms with E-state index in [4.69, 9.17) is 32.7 Å². The van der Waals surface area contributed by atoms with Crippen molar-refractivity contribution in [3.05, 3.63) is 58.2 Å². The number of carbonyl (C=O) groups excluding carboxylic acids is 1. The number of ether oxygens (including phenoxy) is 2. The van der Waals surface area contributed by atoms with Crippen molar-refractivity contribution < 1.29 is 14.3 Å². The van der Waals surface area contributed by atoms with Gasteiger partial charge in [0.15, 0.2) is 0 Å². The lowest BCUT2D eigenvalue weighted by Gasteiger charge is -2.30. The molecular formula is C23H26Cl2N2O3. The molecule has 2 atom stereocenters. The number of likely N-dealkylation sites (tertiary alicyclic amines) is 1. The molecule has 0 spiro atoms. The normalized spacial score (nSPS) is 24.8. The molecule has 0 saturated carbocycles. The Labute approximate surface area is 187 Å². The fourth-order valence-electron chi connectivity index (χ4n) is 4.46. The minimum Gasteiger partial charge on any atom is -0.477 e. The highest BCUT2D eigenvalue weighted by Crippen LogP contribution is 2.44. The molecule has 7 heteroatoms. The Morgan fingerprint density at radius 2 is 1.87 bits per heavy atom. The Morgan fingerprint density at radius 3 is 2.53 bits per heavy atom. The second kappa shape index (κ2) is 9.13. The number of rotatable bonds is 5. The van der Waals surface area contributed by atoms with Crippen LogP contribution < -0.4 is 4.74 Å². The van der Waals surface area contributed by atoms with Gasteiger partial charge in [0.25, 0.3) is 0 Å². The molecule has 2 aliphatic heterocycles. The maximum Gasteiger partial charge on any atom is 0.225 e.